The van der Waals surface area contributed by atoms with Gasteiger partial charge in [-0.15, -0.1) is 0 Å². The van der Waals surface area contributed by atoms with Crippen LogP contribution in [0.4, 0.5) is 0 Å². The quantitative estimate of drug-likeness (QED) is 0.200. The summed E-state index contributed by atoms with van der Waals surface area (Å²) in [4.78, 5) is 38.1. The van der Waals surface area contributed by atoms with E-state index in [0.29, 0.717) is 9.92 Å². The molecule has 1 aromatic rings. The normalized spacial score (nSPS) is 25.5. The fourth-order valence-corrected chi connectivity index (χ4v) is 4.27. The molecular formula is C18H20ClN3O7S. The molecule has 1 saturated heterocycles. The minimum atomic E-state index is -1.14. The Morgan fingerprint density at radius 2 is 1.83 bits per heavy atom. The molecule has 0 N–H and O–H groups in total. The van der Waals surface area contributed by atoms with E-state index in [9.17, 15) is 14.4 Å². The maximum Gasteiger partial charge on any atom is 0.303 e. The minimum absolute atomic E-state index is 0.260. The Morgan fingerprint density at radius 1 is 1.17 bits per heavy atom. The zero-order valence-corrected chi connectivity index (χ0v) is 18.0. The molecule has 12 heteroatoms. The van der Waals surface area contributed by atoms with E-state index in [1.54, 1.807) is 24.3 Å². The predicted octanol–water partition coefficient (Wildman–Crippen LogP) is 3.26. The molecular weight excluding hydrogens is 438 g/mol. The maximum absolute atomic E-state index is 11.7. The topological polar surface area (TPSA) is 137 Å². The summed E-state index contributed by atoms with van der Waals surface area (Å²) in [5.41, 5.74) is 8.20. The zero-order chi connectivity index (χ0) is 22.3. The lowest BCUT2D eigenvalue weighted by molar-refractivity contribution is -0.201. The molecule has 0 radical (unpaired) electrons. The number of ether oxygens (including phenoxy) is 4. The molecule has 1 fully saturated rings. The van der Waals surface area contributed by atoms with Gasteiger partial charge in [-0.1, -0.05) is 34.5 Å². The molecule has 0 saturated carbocycles. The molecule has 1 aliphatic rings. The summed E-state index contributed by atoms with van der Waals surface area (Å²) in [6.45, 7) is 3.32. The van der Waals surface area contributed by atoms with E-state index >= 15 is 0 Å². The molecule has 1 aromatic carbocycles. The Balaban J connectivity index is 2.43. The molecule has 162 valence electrons. The van der Waals surface area contributed by atoms with Gasteiger partial charge in [0.1, 0.15) is 36.4 Å². The second-order valence-corrected chi connectivity index (χ2v) is 7.87. The molecule has 0 bridgehead atoms. The summed E-state index contributed by atoms with van der Waals surface area (Å²) < 4.78 is 21.7. The number of carbonyl (C=O) groups excluding carboxylic acids is 3. The van der Waals surface area contributed by atoms with Gasteiger partial charge in [0.2, 0.25) is 0 Å². The monoisotopic (exact) mass is 457 g/mol. The number of halogens is 1. The number of nitrogens with zero attached hydrogens (tertiary/aromatic N) is 3. The van der Waals surface area contributed by atoms with Crippen molar-refractivity contribution in [2.75, 3.05) is 6.61 Å². The van der Waals surface area contributed by atoms with Crippen molar-refractivity contribution in [2.24, 2.45) is 5.11 Å². The van der Waals surface area contributed by atoms with E-state index < -0.39 is 47.7 Å². The first-order valence-electron chi connectivity index (χ1n) is 8.81. The first-order valence-corrected chi connectivity index (χ1v) is 10.1. The van der Waals surface area contributed by atoms with Crippen LogP contribution < -0.4 is 0 Å². The van der Waals surface area contributed by atoms with E-state index in [0.717, 1.165) is 0 Å². The molecule has 0 amide bonds. The van der Waals surface area contributed by atoms with Crippen LogP contribution in [0.1, 0.15) is 20.8 Å². The van der Waals surface area contributed by atoms with Crippen LogP contribution in [0.5, 0.6) is 0 Å². The smallest absolute Gasteiger partial charge is 0.303 e. The van der Waals surface area contributed by atoms with E-state index in [-0.39, 0.29) is 6.61 Å². The number of azide groups is 1. The molecule has 0 aliphatic carbocycles. The lowest BCUT2D eigenvalue weighted by atomic mass is 9.97. The van der Waals surface area contributed by atoms with Gasteiger partial charge in [0, 0.05) is 35.6 Å². The molecule has 0 aromatic heterocycles. The lowest BCUT2D eigenvalue weighted by Gasteiger charge is -2.43. The third-order valence-electron chi connectivity index (χ3n) is 3.91. The standard InChI is InChI=1S/C18H20ClN3O7S/c1-9(23)26-8-14-16(27-10(2)24)15(21-22-20)17(28-11(3)25)18(29-14)30-13-6-4-5-12(19)7-13/h4-7,14-18H,8H2,1-3H3/t14?,15?,16-,17-,18+/m0/s1. The Hall–Kier alpha value is -2.46. The van der Waals surface area contributed by atoms with Crippen molar-refractivity contribution >= 4 is 41.3 Å². The second-order valence-electron chi connectivity index (χ2n) is 6.26. The van der Waals surface area contributed by atoms with Crippen molar-refractivity contribution in [3.63, 3.8) is 0 Å². The minimum Gasteiger partial charge on any atom is -0.463 e. The highest BCUT2D eigenvalue weighted by molar-refractivity contribution is 7.99. The highest BCUT2D eigenvalue weighted by atomic mass is 35.5. The van der Waals surface area contributed by atoms with Gasteiger partial charge < -0.3 is 18.9 Å². The highest BCUT2D eigenvalue weighted by Crippen LogP contribution is 2.38. The molecule has 5 atom stereocenters. The number of rotatable bonds is 7. The largest absolute Gasteiger partial charge is 0.463 e. The van der Waals surface area contributed by atoms with Crippen molar-refractivity contribution in [3.8, 4) is 0 Å². The van der Waals surface area contributed by atoms with Crippen LogP contribution in [0.2, 0.25) is 5.02 Å². The number of hydrogen-bond donors (Lipinski definition) is 0. The van der Waals surface area contributed by atoms with Crippen LogP contribution in [0.3, 0.4) is 0 Å². The van der Waals surface area contributed by atoms with Crippen LogP contribution >= 0.6 is 23.4 Å². The summed E-state index contributed by atoms with van der Waals surface area (Å²) in [5.74, 6) is -1.88. The van der Waals surface area contributed by atoms with Gasteiger partial charge >= 0.3 is 17.9 Å². The second kappa shape index (κ2) is 11.1. The molecule has 2 rings (SSSR count). The number of benzene rings is 1. The summed E-state index contributed by atoms with van der Waals surface area (Å²) in [5, 5.41) is 4.19. The number of thioether (sulfide) groups is 1. The Kier molecular flexibility index (Phi) is 8.79. The van der Waals surface area contributed by atoms with Gasteiger partial charge in [-0.05, 0) is 23.7 Å². The number of hydrogen-bond acceptors (Lipinski definition) is 9. The Morgan fingerprint density at radius 3 is 2.40 bits per heavy atom. The average molecular weight is 458 g/mol. The zero-order valence-electron chi connectivity index (χ0n) is 16.4. The van der Waals surface area contributed by atoms with Gasteiger partial charge in [0.05, 0.1) is 0 Å². The third kappa shape index (κ3) is 6.81. The van der Waals surface area contributed by atoms with Gasteiger partial charge in [0.15, 0.2) is 0 Å². The first-order chi connectivity index (χ1) is 14.2. The molecule has 0 spiro atoms. The van der Waals surface area contributed by atoms with Crippen molar-refractivity contribution in [2.45, 2.75) is 55.5 Å². The first kappa shape index (κ1) is 23.8. The molecule has 2 unspecified atom stereocenters. The van der Waals surface area contributed by atoms with E-state index in [2.05, 4.69) is 10.0 Å². The van der Waals surface area contributed by atoms with Gasteiger partial charge in [-0.3, -0.25) is 14.4 Å². The summed E-state index contributed by atoms with van der Waals surface area (Å²) in [6, 6.07) is 5.76. The molecule has 1 heterocycles. The highest BCUT2D eigenvalue weighted by Gasteiger charge is 2.50. The van der Waals surface area contributed by atoms with Crippen LogP contribution in [-0.4, -0.2) is 54.3 Å². The fourth-order valence-electron chi connectivity index (χ4n) is 2.84. The van der Waals surface area contributed by atoms with Crippen LogP contribution in [0.25, 0.3) is 10.4 Å². The predicted molar refractivity (Wildman–Crippen MR) is 107 cm³/mol. The Labute approximate surface area is 181 Å². The lowest BCUT2D eigenvalue weighted by Crippen LogP contribution is -2.59. The third-order valence-corrected chi connectivity index (χ3v) is 5.28. The summed E-state index contributed by atoms with van der Waals surface area (Å²) >= 11 is 7.20. The molecule has 1 aliphatic heterocycles. The fraction of sp³-hybridized carbons (Fsp3) is 0.500. The van der Waals surface area contributed by atoms with Gasteiger partial charge in [-0.25, -0.2) is 0 Å². The van der Waals surface area contributed by atoms with Crippen molar-refractivity contribution in [1.29, 1.82) is 0 Å². The van der Waals surface area contributed by atoms with Crippen molar-refractivity contribution in [3.05, 3.63) is 39.7 Å². The van der Waals surface area contributed by atoms with Gasteiger partial charge in [0.25, 0.3) is 0 Å². The SMILES string of the molecule is CC(=O)OCC1O[C@H](Sc2cccc(Cl)c2)[C@@H](OC(C)=O)C(N=[N+]=[N-])[C@H]1OC(C)=O. The van der Waals surface area contributed by atoms with Crippen LogP contribution in [0, 0.1) is 0 Å². The van der Waals surface area contributed by atoms with E-state index in [4.69, 9.17) is 36.1 Å². The Bertz CT molecular complexity index is 849. The van der Waals surface area contributed by atoms with Crippen molar-refractivity contribution in [1.82, 2.24) is 0 Å². The number of carbonyl (C=O) groups is 3. The van der Waals surface area contributed by atoms with E-state index in [1.807, 2.05) is 0 Å². The van der Waals surface area contributed by atoms with Crippen molar-refractivity contribution < 1.29 is 33.3 Å². The summed E-state index contributed by atoms with van der Waals surface area (Å²) in [6.07, 6.45) is -3.18. The van der Waals surface area contributed by atoms with Crippen LogP contribution in [0.15, 0.2) is 34.3 Å². The summed E-state index contributed by atoms with van der Waals surface area (Å²) in [7, 11) is 0. The molecule has 30 heavy (non-hydrogen) atoms. The average Bonchev–Trinajstić information content (AvgIpc) is 2.64. The molecule has 10 nitrogen and oxygen atoms in total. The maximum atomic E-state index is 11.7. The number of esters is 3. The van der Waals surface area contributed by atoms with E-state index in [1.165, 1.54) is 32.5 Å². The van der Waals surface area contributed by atoms with Gasteiger partial charge in [-0.2, -0.15) is 0 Å². The van der Waals surface area contributed by atoms with Crippen LogP contribution in [-0.2, 0) is 33.3 Å².